The van der Waals surface area contributed by atoms with Gasteiger partial charge in [0.15, 0.2) is 0 Å². The van der Waals surface area contributed by atoms with Crippen LogP contribution in [0.2, 0.25) is 0 Å². The molecule has 19 heavy (non-hydrogen) atoms. The van der Waals surface area contributed by atoms with Crippen LogP contribution in [0.25, 0.3) is 0 Å². The van der Waals surface area contributed by atoms with Gasteiger partial charge in [0.1, 0.15) is 5.75 Å². The number of ether oxygens (including phenoxy) is 1. The summed E-state index contributed by atoms with van der Waals surface area (Å²) in [6.07, 6.45) is 0. The van der Waals surface area contributed by atoms with Crippen molar-refractivity contribution >= 4 is 16.0 Å². The molecule has 0 saturated carbocycles. The summed E-state index contributed by atoms with van der Waals surface area (Å²) in [5.74, 6) is 0.215. The lowest BCUT2D eigenvalue weighted by Gasteiger charge is -2.25. The molecule has 0 aliphatic carbocycles. The summed E-state index contributed by atoms with van der Waals surface area (Å²) < 4.78 is 35.1. The smallest absolute Gasteiger partial charge is 0.382 e. The van der Waals surface area contributed by atoms with Crippen LogP contribution in [-0.4, -0.2) is 33.4 Å². The maximum absolute atomic E-state index is 11.6. The van der Waals surface area contributed by atoms with E-state index in [1.54, 1.807) is 0 Å². The summed E-state index contributed by atoms with van der Waals surface area (Å²) in [4.78, 5) is 0. The van der Waals surface area contributed by atoms with Crippen LogP contribution >= 0.6 is 0 Å². The SMILES string of the molecule is O=S(=O)(NCC1COC1)Oc1ccc(N([O-])O)cc1. The molecule has 1 aromatic rings. The standard InChI is InChI=1S/C10H13N2O6S/c13-12(14)9-1-3-10(4-2-9)18-19(15,16)11-5-8-6-17-7-8/h1-4,8,11,13H,5-7H2/q-1. The first-order valence-electron chi connectivity index (χ1n) is 5.49. The van der Waals surface area contributed by atoms with Crippen molar-refractivity contribution in [1.82, 2.24) is 4.72 Å². The Kier molecular flexibility index (Phi) is 4.22. The summed E-state index contributed by atoms with van der Waals surface area (Å²) in [5, 5.41) is 18.8. The molecule has 1 aromatic carbocycles. The molecule has 1 heterocycles. The van der Waals surface area contributed by atoms with Gasteiger partial charge >= 0.3 is 10.3 Å². The number of rotatable bonds is 6. The first kappa shape index (κ1) is 14.0. The topological polar surface area (TPSA) is 111 Å². The van der Waals surface area contributed by atoms with Crippen molar-refractivity contribution in [2.24, 2.45) is 5.92 Å². The Morgan fingerprint density at radius 3 is 2.53 bits per heavy atom. The van der Waals surface area contributed by atoms with Gasteiger partial charge in [-0.15, -0.1) is 0 Å². The van der Waals surface area contributed by atoms with E-state index >= 15 is 0 Å². The number of hydrogen-bond donors (Lipinski definition) is 2. The normalized spacial score (nSPS) is 15.9. The fourth-order valence-electron chi connectivity index (χ4n) is 1.41. The highest BCUT2D eigenvalue weighted by Gasteiger charge is 2.21. The predicted octanol–water partition coefficient (Wildman–Crippen LogP) is 0.240. The van der Waals surface area contributed by atoms with E-state index in [0.717, 1.165) is 0 Å². The maximum atomic E-state index is 11.6. The van der Waals surface area contributed by atoms with E-state index < -0.39 is 10.3 Å². The van der Waals surface area contributed by atoms with Crippen molar-refractivity contribution in [2.45, 2.75) is 0 Å². The van der Waals surface area contributed by atoms with Crippen LogP contribution in [-0.2, 0) is 15.0 Å². The quantitative estimate of drug-likeness (QED) is 0.721. The summed E-state index contributed by atoms with van der Waals surface area (Å²) in [6.45, 7) is 1.32. The summed E-state index contributed by atoms with van der Waals surface area (Å²) >= 11 is 0. The zero-order valence-electron chi connectivity index (χ0n) is 9.85. The van der Waals surface area contributed by atoms with E-state index in [9.17, 15) is 13.6 Å². The van der Waals surface area contributed by atoms with Crippen LogP contribution in [0.1, 0.15) is 0 Å². The number of anilines is 1. The van der Waals surface area contributed by atoms with E-state index in [1.807, 2.05) is 0 Å². The molecule has 8 nitrogen and oxygen atoms in total. The van der Waals surface area contributed by atoms with Gasteiger partial charge in [0, 0.05) is 12.5 Å². The molecule has 0 unspecified atom stereocenters. The van der Waals surface area contributed by atoms with Crippen molar-refractivity contribution in [2.75, 3.05) is 25.0 Å². The Balaban J connectivity index is 1.91. The van der Waals surface area contributed by atoms with Gasteiger partial charge in [-0.25, -0.2) is 0 Å². The molecule has 1 aliphatic rings. The largest absolute Gasteiger partial charge is 0.733 e. The highest BCUT2D eigenvalue weighted by atomic mass is 32.2. The predicted molar refractivity (Wildman–Crippen MR) is 65.9 cm³/mol. The minimum absolute atomic E-state index is 0.0238. The first-order valence-corrected chi connectivity index (χ1v) is 6.90. The monoisotopic (exact) mass is 289 g/mol. The fraction of sp³-hybridized carbons (Fsp3) is 0.400. The van der Waals surface area contributed by atoms with E-state index in [1.165, 1.54) is 24.3 Å². The number of nitrogens with one attached hydrogen (secondary N) is 1. The minimum Gasteiger partial charge on any atom is -0.733 e. The molecule has 1 fully saturated rings. The molecule has 2 N–H and O–H groups in total. The van der Waals surface area contributed by atoms with E-state index in [0.29, 0.717) is 13.2 Å². The van der Waals surface area contributed by atoms with Crippen molar-refractivity contribution in [1.29, 1.82) is 0 Å². The van der Waals surface area contributed by atoms with Gasteiger partial charge in [-0.2, -0.15) is 13.1 Å². The van der Waals surface area contributed by atoms with Crippen molar-refractivity contribution in [3.05, 3.63) is 29.5 Å². The zero-order chi connectivity index (χ0) is 13.9. The van der Waals surface area contributed by atoms with Crippen molar-refractivity contribution in [3.63, 3.8) is 0 Å². The second-order valence-corrected chi connectivity index (χ2v) is 5.42. The van der Waals surface area contributed by atoms with Gasteiger partial charge in [0.25, 0.3) is 0 Å². The number of hydrogen-bond acceptors (Lipinski definition) is 7. The van der Waals surface area contributed by atoms with Crippen LogP contribution in [0.15, 0.2) is 24.3 Å². The van der Waals surface area contributed by atoms with E-state index in [4.69, 9.17) is 14.1 Å². The average Bonchev–Trinajstić information content (AvgIpc) is 2.26. The van der Waals surface area contributed by atoms with Gasteiger partial charge in [-0.05, 0) is 24.3 Å². The van der Waals surface area contributed by atoms with Crippen LogP contribution in [0.5, 0.6) is 5.75 Å². The van der Waals surface area contributed by atoms with Gasteiger partial charge in [0.05, 0.1) is 18.9 Å². The average molecular weight is 289 g/mol. The summed E-state index contributed by atoms with van der Waals surface area (Å²) in [5.41, 5.74) is -0.0238. The lowest BCUT2D eigenvalue weighted by molar-refractivity contribution is -0.0285. The second-order valence-electron chi connectivity index (χ2n) is 4.06. The first-order chi connectivity index (χ1) is 8.96. The van der Waals surface area contributed by atoms with Gasteiger partial charge in [-0.1, -0.05) is 0 Å². The Morgan fingerprint density at radius 2 is 2.05 bits per heavy atom. The molecule has 0 atom stereocenters. The fourth-order valence-corrected chi connectivity index (χ4v) is 2.27. The molecular formula is C10H13N2O6S-. The molecule has 0 radical (unpaired) electrons. The van der Waals surface area contributed by atoms with Crippen LogP contribution < -0.4 is 14.1 Å². The third kappa shape index (κ3) is 4.04. The molecule has 1 saturated heterocycles. The Labute approximate surface area is 110 Å². The number of benzene rings is 1. The molecule has 1 aliphatic heterocycles. The highest BCUT2D eigenvalue weighted by molar-refractivity contribution is 7.85. The van der Waals surface area contributed by atoms with E-state index in [-0.39, 0.29) is 29.1 Å². The van der Waals surface area contributed by atoms with Crippen LogP contribution in [0.4, 0.5) is 5.69 Å². The Morgan fingerprint density at radius 1 is 1.42 bits per heavy atom. The molecule has 0 spiro atoms. The molecule has 106 valence electrons. The summed E-state index contributed by atoms with van der Waals surface area (Å²) in [6, 6.07) is 5.00. The lowest BCUT2D eigenvalue weighted by atomic mass is 10.1. The van der Waals surface area contributed by atoms with Gasteiger partial charge < -0.3 is 19.4 Å². The minimum atomic E-state index is -3.90. The molecule has 9 heteroatoms. The van der Waals surface area contributed by atoms with E-state index in [2.05, 4.69) is 4.72 Å². The van der Waals surface area contributed by atoms with Gasteiger partial charge in [-0.3, -0.25) is 5.21 Å². The van der Waals surface area contributed by atoms with Crippen molar-refractivity contribution < 1.29 is 22.5 Å². The second kappa shape index (κ2) is 5.72. The molecule has 2 rings (SSSR count). The lowest BCUT2D eigenvalue weighted by Crippen LogP contribution is -2.40. The Hall–Kier alpha value is -1.39. The third-order valence-corrected chi connectivity index (χ3v) is 3.45. The molecule has 0 bridgehead atoms. The van der Waals surface area contributed by atoms with Crippen molar-refractivity contribution in [3.8, 4) is 5.75 Å². The van der Waals surface area contributed by atoms with Crippen LogP contribution in [0, 0.1) is 11.1 Å². The molecule has 0 amide bonds. The molecule has 0 aromatic heterocycles. The highest BCUT2D eigenvalue weighted by Crippen LogP contribution is 2.19. The third-order valence-electron chi connectivity index (χ3n) is 2.52. The van der Waals surface area contributed by atoms with Crippen LogP contribution in [0.3, 0.4) is 0 Å². The summed E-state index contributed by atoms with van der Waals surface area (Å²) in [7, 11) is -3.90. The zero-order valence-corrected chi connectivity index (χ0v) is 10.7. The molecular weight excluding hydrogens is 276 g/mol. The Bertz CT molecular complexity index is 511. The maximum Gasteiger partial charge on any atom is 0.382 e. The van der Waals surface area contributed by atoms with Gasteiger partial charge in [0.2, 0.25) is 0 Å². The number of nitrogens with zero attached hydrogens (tertiary/aromatic N) is 1.